The van der Waals surface area contributed by atoms with Crippen molar-refractivity contribution in [3.05, 3.63) is 29.8 Å². The van der Waals surface area contributed by atoms with Crippen LogP contribution < -0.4 is 4.74 Å². The molecule has 1 aliphatic heterocycles. The maximum absolute atomic E-state index is 11.4. The molecular formula is C11H12ClNO4S. The number of benzene rings is 1. The van der Waals surface area contributed by atoms with Crippen LogP contribution in [0.25, 0.3) is 0 Å². The molecule has 1 heterocycles. The molecule has 98 valence electrons. The molecule has 0 aliphatic carbocycles. The van der Waals surface area contributed by atoms with Crippen molar-refractivity contribution in [1.29, 1.82) is 0 Å². The summed E-state index contributed by atoms with van der Waals surface area (Å²) in [5.74, 6) is 0.0733. The minimum absolute atomic E-state index is 0.121. The van der Waals surface area contributed by atoms with Crippen LogP contribution in [0.1, 0.15) is 24.9 Å². The third-order valence-corrected chi connectivity index (χ3v) is 4.08. The van der Waals surface area contributed by atoms with E-state index in [9.17, 15) is 13.2 Å². The Morgan fingerprint density at radius 2 is 2.11 bits per heavy atom. The second kappa shape index (κ2) is 4.78. The molecule has 7 heteroatoms. The van der Waals surface area contributed by atoms with E-state index in [-0.39, 0.29) is 6.42 Å². The Morgan fingerprint density at radius 3 is 2.67 bits per heavy atom. The van der Waals surface area contributed by atoms with Crippen molar-refractivity contribution < 1.29 is 17.9 Å². The van der Waals surface area contributed by atoms with Gasteiger partial charge in [-0.1, -0.05) is 18.2 Å². The zero-order valence-corrected chi connectivity index (χ0v) is 11.2. The molecule has 2 rings (SSSR count). The van der Waals surface area contributed by atoms with E-state index in [0.29, 0.717) is 22.2 Å². The number of ether oxygens (including phenoxy) is 1. The summed E-state index contributed by atoms with van der Waals surface area (Å²) >= 11 is 0. The molecule has 1 saturated heterocycles. The molecule has 0 N–H and O–H groups in total. The quantitative estimate of drug-likeness (QED) is 0.627. The monoisotopic (exact) mass is 289 g/mol. The summed E-state index contributed by atoms with van der Waals surface area (Å²) in [6.45, 7) is 2.30. The molecule has 1 fully saturated rings. The molecule has 1 amide bonds. The van der Waals surface area contributed by atoms with E-state index < -0.39 is 21.2 Å². The first-order valence-corrected chi connectivity index (χ1v) is 7.70. The van der Waals surface area contributed by atoms with Gasteiger partial charge in [0.25, 0.3) is 0 Å². The van der Waals surface area contributed by atoms with Crippen LogP contribution in [0.5, 0.6) is 5.75 Å². The van der Waals surface area contributed by atoms with E-state index in [1.54, 1.807) is 24.3 Å². The van der Waals surface area contributed by atoms with E-state index >= 15 is 0 Å². The Labute approximate surface area is 110 Å². The molecular weight excluding hydrogens is 278 g/mol. The number of hydrogen-bond donors (Lipinski definition) is 0. The molecule has 0 spiro atoms. The molecule has 0 radical (unpaired) electrons. The van der Waals surface area contributed by atoms with Crippen molar-refractivity contribution in [3.8, 4) is 5.75 Å². The molecule has 0 saturated carbocycles. The van der Waals surface area contributed by atoms with E-state index in [2.05, 4.69) is 0 Å². The molecule has 18 heavy (non-hydrogen) atoms. The average Bonchev–Trinajstić information content (AvgIpc) is 2.25. The van der Waals surface area contributed by atoms with Crippen LogP contribution in [0.4, 0.5) is 0 Å². The van der Waals surface area contributed by atoms with Gasteiger partial charge in [0.05, 0.1) is 19.1 Å². The van der Waals surface area contributed by atoms with Gasteiger partial charge in [0, 0.05) is 16.2 Å². The summed E-state index contributed by atoms with van der Waals surface area (Å²) in [7, 11) is 1.20. The molecule has 0 bridgehead atoms. The Hall–Kier alpha value is -1.27. The van der Waals surface area contributed by atoms with Crippen LogP contribution in [0, 0.1) is 0 Å². The maximum Gasteiger partial charge on any atom is 0.324 e. The highest BCUT2D eigenvalue weighted by atomic mass is 35.7. The fourth-order valence-corrected chi connectivity index (χ4v) is 3.28. The normalized spacial score (nSPS) is 19.6. The molecule has 1 aromatic carbocycles. The predicted molar refractivity (Wildman–Crippen MR) is 66.6 cm³/mol. The molecule has 0 aromatic heterocycles. The number of amides is 1. The van der Waals surface area contributed by atoms with Gasteiger partial charge in [-0.25, -0.2) is 4.31 Å². The van der Waals surface area contributed by atoms with E-state index in [1.165, 1.54) is 0 Å². The summed E-state index contributed by atoms with van der Waals surface area (Å²) < 4.78 is 28.7. The molecule has 1 atom stereocenters. The number of carbonyl (C=O) groups excluding carboxylic acids is 1. The van der Waals surface area contributed by atoms with Crippen molar-refractivity contribution in [3.63, 3.8) is 0 Å². The standard InChI is InChI=1S/C11H12ClNO4S/c1-2-17-10-6-4-3-5-8(10)9-7-11(14)13(9)18(12,15)16/h3-6,9H,2,7H2,1H3. The lowest BCUT2D eigenvalue weighted by molar-refractivity contribution is -0.137. The number of rotatable bonds is 4. The van der Waals surface area contributed by atoms with Crippen molar-refractivity contribution in [1.82, 2.24) is 4.31 Å². The molecule has 1 unspecified atom stereocenters. The SMILES string of the molecule is CCOc1ccccc1C1CC(=O)N1S(=O)(=O)Cl. The highest BCUT2D eigenvalue weighted by Crippen LogP contribution is 2.41. The Balaban J connectivity index is 2.36. The van der Waals surface area contributed by atoms with Crippen molar-refractivity contribution in [2.75, 3.05) is 6.61 Å². The number of hydrogen-bond acceptors (Lipinski definition) is 4. The fourth-order valence-electron chi connectivity index (χ4n) is 1.95. The van der Waals surface area contributed by atoms with Crippen LogP contribution >= 0.6 is 10.7 Å². The van der Waals surface area contributed by atoms with Crippen molar-refractivity contribution >= 4 is 25.8 Å². The summed E-state index contributed by atoms with van der Waals surface area (Å²) in [4.78, 5) is 11.4. The number of para-hydroxylation sites is 1. The third-order valence-electron chi connectivity index (χ3n) is 2.71. The van der Waals surface area contributed by atoms with Crippen LogP contribution in [0.15, 0.2) is 24.3 Å². The first kappa shape index (κ1) is 13.2. The average molecular weight is 290 g/mol. The van der Waals surface area contributed by atoms with Gasteiger partial charge in [0.15, 0.2) is 0 Å². The highest BCUT2D eigenvalue weighted by molar-refractivity contribution is 8.12. The van der Waals surface area contributed by atoms with Crippen LogP contribution in [0.3, 0.4) is 0 Å². The zero-order valence-electron chi connectivity index (χ0n) is 9.67. The smallest absolute Gasteiger partial charge is 0.324 e. The largest absolute Gasteiger partial charge is 0.494 e. The van der Waals surface area contributed by atoms with Crippen LogP contribution in [-0.2, 0) is 14.0 Å². The first-order chi connectivity index (χ1) is 8.45. The summed E-state index contributed by atoms with van der Waals surface area (Å²) in [5.41, 5.74) is 0.656. The Kier molecular flexibility index (Phi) is 3.49. The zero-order chi connectivity index (χ0) is 13.3. The minimum atomic E-state index is -4.04. The van der Waals surface area contributed by atoms with Crippen LogP contribution in [0.2, 0.25) is 0 Å². The summed E-state index contributed by atoms with van der Waals surface area (Å²) in [5, 5.41) is 0. The van der Waals surface area contributed by atoms with Crippen molar-refractivity contribution in [2.45, 2.75) is 19.4 Å². The molecule has 5 nitrogen and oxygen atoms in total. The highest BCUT2D eigenvalue weighted by Gasteiger charge is 2.45. The lowest BCUT2D eigenvalue weighted by atomic mass is 9.96. The predicted octanol–water partition coefficient (Wildman–Crippen LogP) is 1.84. The Morgan fingerprint density at radius 1 is 1.44 bits per heavy atom. The number of nitrogens with zero attached hydrogens (tertiary/aromatic N) is 1. The van der Waals surface area contributed by atoms with Gasteiger partial charge in [-0.2, -0.15) is 8.42 Å². The number of halogens is 1. The lowest BCUT2D eigenvalue weighted by Gasteiger charge is -2.37. The fraction of sp³-hybridized carbons (Fsp3) is 0.364. The molecule has 1 aliphatic rings. The van der Waals surface area contributed by atoms with Gasteiger partial charge < -0.3 is 4.74 Å². The topological polar surface area (TPSA) is 63.7 Å². The van der Waals surface area contributed by atoms with E-state index in [0.717, 1.165) is 0 Å². The van der Waals surface area contributed by atoms with Gasteiger partial charge in [0.2, 0.25) is 5.91 Å². The second-order valence-corrected chi connectivity index (χ2v) is 6.21. The van der Waals surface area contributed by atoms with Gasteiger partial charge in [-0.3, -0.25) is 4.79 Å². The summed E-state index contributed by atoms with van der Waals surface area (Å²) in [6.07, 6.45) is 0.121. The van der Waals surface area contributed by atoms with Gasteiger partial charge in [-0.15, -0.1) is 0 Å². The number of β-lactam (4-membered cyclic amide) rings is 1. The molecule has 1 aromatic rings. The first-order valence-electron chi connectivity index (χ1n) is 5.43. The lowest BCUT2D eigenvalue weighted by Crippen LogP contribution is -2.48. The van der Waals surface area contributed by atoms with Gasteiger partial charge >= 0.3 is 9.24 Å². The second-order valence-electron chi connectivity index (χ2n) is 3.82. The third kappa shape index (κ3) is 2.30. The number of carbonyl (C=O) groups is 1. The summed E-state index contributed by atoms with van der Waals surface area (Å²) in [6, 6.07) is 6.45. The Bertz CT molecular complexity index is 572. The van der Waals surface area contributed by atoms with Gasteiger partial charge in [-0.05, 0) is 13.0 Å². The van der Waals surface area contributed by atoms with E-state index in [1.807, 2.05) is 6.92 Å². The minimum Gasteiger partial charge on any atom is -0.494 e. The van der Waals surface area contributed by atoms with Crippen LogP contribution in [-0.4, -0.2) is 25.2 Å². The van der Waals surface area contributed by atoms with E-state index in [4.69, 9.17) is 15.4 Å². The maximum atomic E-state index is 11.4. The van der Waals surface area contributed by atoms with Gasteiger partial charge in [0.1, 0.15) is 5.75 Å². The van der Waals surface area contributed by atoms with Crippen molar-refractivity contribution in [2.24, 2.45) is 0 Å².